The van der Waals surface area contributed by atoms with Gasteiger partial charge in [-0.2, -0.15) is 4.99 Å². The van der Waals surface area contributed by atoms with E-state index in [0.717, 1.165) is 17.5 Å². The molecule has 2 bridgehead atoms. The molecule has 0 aromatic carbocycles. The Balaban J connectivity index is 1.61. The number of rotatable bonds is 3. The number of fused-ring (bicyclic) bond motifs is 3. The maximum atomic E-state index is 12.2. The Morgan fingerprint density at radius 1 is 1.25 bits per heavy atom. The summed E-state index contributed by atoms with van der Waals surface area (Å²) in [5.41, 5.74) is 0. The van der Waals surface area contributed by atoms with Crippen molar-refractivity contribution in [1.29, 1.82) is 0 Å². The van der Waals surface area contributed by atoms with Crippen LogP contribution in [0.15, 0.2) is 4.99 Å². The Morgan fingerprint density at radius 3 is 2.67 bits per heavy atom. The molecule has 2 heterocycles. The second-order valence-corrected chi connectivity index (χ2v) is 11.7. The van der Waals surface area contributed by atoms with Crippen LogP contribution in [0.5, 0.6) is 0 Å². The van der Waals surface area contributed by atoms with E-state index < -0.39 is 9.84 Å². The molecule has 2 saturated heterocycles. The Kier molecular flexibility index (Phi) is 4.23. The van der Waals surface area contributed by atoms with E-state index in [1.54, 1.807) is 0 Å². The molecule has 0 aromatic rings. The fourth-order valence-corrected chi connectivity index (χ4v) is 9.02. The van der Waals surface area contributed by atoms with E-state index in [9.17, 15) is 13.2 Å². The van der Waals surface area contributed by atoms with Gasteiger partial charge in [0, 0.05) is 17.7 Å². The minimum absolute atomic E-state index is 0.0231. The van der Waals surface area contributed by atoms with Crippen molar-refractivity contribution in [2.45, 2.75) is 63.3 Å². The lowest BCUT2D eigenvalue weighted by Crippen LogP contribution is -2.47. The number of aliphatic imine (C=N–C) groups is 1. The molecule has 4 fully saturated rings. The van der Waals surface area contributed by atoms with Crippen LogP contribution in [-0.2, 0) is 14.6 Å². The standard InChI is InChI=1S/C17H26N2O3S2/c1-10(2)5-16(20)18-17-19(13-7-11-3-4-12(13)6-11)14-8-24(21,22)9-15(14)23-17/h10-15H,3-9H2,1-2H3/t11-,12-,13-,14+,15+/m0/s1. The topological polar surface area (TPSA) is 66.8 Å². The fourth-order valence-electron chi connectivity index (χ4n) is 5.03. The predicted molar refractivity (Wildman–Crippen MR) is 96.8 cm³/mol. The summed E-state index contributed by atoms with van der Waals surface area (Å²) in [5, 5.41) is 0.864. The molecule has 1 amide bonds. The van der Waals surface area contributed by atoms with Gasteiger partial charge in [-0.1, -0.05) is 32.0 Å². The second-order valence-electron chi connectivity index (χ2n) is 8.34. The monoisotopic (exact) mass is 370 g/mol. The molecule has 7 heteroatoms. The number of thioether (sulfide) groups is 1. The highest BCUT2D eigenvalue weighted by Crippen LogP contribution is 2.51. The number of amides is 1. The third kappa shape index (κ3) is 3.02. The molecule has 0 radical (unpaired) electrons. The summed E-state index contributed by atoms with van der Waals surface area (Å²) < 4.78 is 24.2. The Morgan fingerprint density at radius 2 is 2.04 bits per heavy atom. The lowest BCUT2D eigenvalue weighted by atomic mass is 9.93. The van der Waals surface area contributed by atoms with Gasteiger partial charge in [0.15, 0.2) is 15.0 Å². The average molecular weight is 371 g/mol. The summed E-state index contributed by atoms with van der Waals surface area (Å²) in [4.78, 5) is 18.9. The van der Waals surface area contributed by atoms with E-state index in [1.807, 2.05) is 13.8 Å². The molecular weight excluding hydrogens is 344 g/mol. The van der Waals surface area contributed by atoms with Crippen LogP contribution < -0.4 is 0 Å². The summed E-state index contributed by atoms with van der Waals surface area (Å²) in [6.07, 6.45) is 5.43. The number of nitrogens with zero attached hydrogens (tertiary/aromatic N) is 2. The van der Waals surface area contributed by atoms with Gasteiger partial charge in [0.1, 0.15) is 0 Å². The van der Waals surface area contributed by atoms with Gasteiger partial charge in [-0.3, -0.25) is 4.79 Å². The van der Waals surface area contributed by atoms with Crippen molar-refractivity contribution >= 4 is 32.7 Å². The van der Waals surface area contributed by atoms with Crippen molar-refractivity contribution in [1.82, 2.24) is 4.90 Å². The Hall–Kier alpha value is -0.560. The van der Waals surface area contributed by atoms with Crippen LogP contribution >= 0.6 is 11.8 Å². The van der Waals surface area contributed by atoms with E-state index in [0.29, 0.717) is 24.3 Å². The van der Waals surface area contributed by atoms with E-state index in [-0.39, 0.29) is 28.7 Å². The van der Waals surface area contributed by atoms with Gasteiger partial charge in [-0.15, -0.1) is 0 Å². The van der Waals surface area contributed by atoms with Crippen molar-refractivity contribution < 1.29 is 13.2 Å². The van der Waals surface area contributed by atoms with Gasteiger partial charge < -0.3 is 4.90 Å². The lowest BCUT2D eigenvalue weighted by molar-refractivity contribution is -0.118. The molecule has 134 valence electrons. The zero-order chi connectivity index (χ0) is 17.1. The van der Waals surface area contributed by atoms with E-state index in [2.05, 4.69) is 9.89 Å². The Labute approximate surface area is 148 Å². The van der Waals surface area contributed by atoms with Crippen LogP contribution in [0.1, 0.15) is 46.0 Å². The number of sulfone groups is 1. The molecule has 2 aliphatic heterocycles. The quantitative estimate of drug-likeness (QED) is 0.763. The molecule has 4 aliphatic rings. The van der Waals surface area contributed by atoms with Crippen LogP contribution in [-0.4, -0.2) is 53.2 Å². The van der Waals surface area contributed by atoms with E-state index in [1.165, 1.54) is 31.0 Å². The van der Waals surface area contributed by atoms with E-state index >= 15 is 0 Å². The van der Waals surface area contributed by atoms with Crippen molar-refractivity contribution in [3.05, 3.63) is 0 Å². The normalized spacial score (nSPS) is 41.5. The minimum atomic E-state index is -2.95. The van der Waals surface area contributed by atoms with Crippen LogP contribution in [0.2, 0.25) is 0 Å². The Bertz CT molecular complexity index is 673. The number of amidine groups is 1. The summed E-state index contributed by atoms with van der Waals surface area (Å²) in [6, 6.07) is 0.417. The van der Waals surface area contributed by atoms with Gasteiger partial charge in [0.25, 0.3) is 0 Å². The fraction of sp³-hybridized carbons (Fsp3) is 0.882. The molecule has 5 atom stereocenters. The summed E-state index contributed by atoms with van der Waals surface area (Å²) in [5.74, 6) is 2.14. The molecule has 4 rings (SSSR count). The number of carbonyl (C=O) groups excluding carboxylic acids is 1. The third-order valence-corrected chi connectivity index (χ3v) is 9.19. The van der Waals surface area contributed by atoms with Gasteiger partial charge in [0.05, 0.1) is 17.5 Å². The highest BCUT2D eigenvalue weighted by molar-refractivity contribution is 8.15. The molecule has 0 aromatic heterocycles. The molecule has 24 heavy (non-hydrogen) atoms. The number of carbonyl (C=O) groups is 1. The molecular formula is C17H26N2O3S2. The maximum Gasteiger partial charge on any atom is 0.248 e. The lowest BCUT2D eigenvalue weighted by Gasteiger charge is -2.36. The molecule has 0 spiro atoms. The summed E-state index contributed by atoms with van der Waals surface area (Å²) in [6.45, 7) is 4.05. The smallest absolute Gasteiger partial charge is 0.248 e. The van der Waals surface area contributed by atoms with Gasteiger partial charge in [0.2, 0.25) is 5.91 Å². The first-order valence-electron chi connectivity index (χ1n) is 9.09. The van der Waals surface area contributed by atoms with Crippen molar-refractivity contribution in [3.63, 3.8) is 0 Å². The number of hydrogen-bond acceptors (Lipinski definition) is 4. The first-order chi connectivity index (χ1) is 11.3. The van der Waals surface area contributed by atoms with Gasteiger partial charge >= 0.3 is 0 Å². The largest absolute Gasteiger partial charge is 0.343 e. The molecule has 0 N–H and O–H groups in total. The summed E-state index contributed by atoms with van der Waals surface area (Å²) in [7, 11) is -2.95. The average Bonchev–Trinajstić information content (AvgIpc) is 3.16. The summed E-state index contributed by atoms with van der Waals surface area (Å²) >= 11 is 1.54. The van der Waals surface area contributed by atoms with Crippen LogP contribution in [0.25, 0.3) is 0 Å². The molecule has 2 saturated carbocycles. The third-order valence-electron chi connectivity index (χ3n) is 5.97. The van der Waals surface area contributed by atoms with E-state index in [4.69, 9.17) is 0 Å². The SMILES string of the molecule is CC(C)CC(=O)N=C1S[C@@H]2CS(=O)(=O)C[C@H]2N1[C@H]1C[C@H]2CC[C@H]1C2. The molecule has 5 nitrogen and oxygen atoms in total. The zero-order valence-corrected chi connectivity index (χ0v) is 16.0. The maximum absolute atomic E-state index is 12.2. The van der Waals surface area contributed by atoms with Gasteiger partial charge in [-0.25, -0.2) is 8.42 Å². The zero-order valence-electron chi connectivity index (χ0n) is 14.3. The highest BCUT2D eigenvalue weighted by atomic mass is 32.2. The van der Waals surface area contributed by atoms with Gasteiger partial charge in [-0.05, 0) is 37.0 Å². The molecule has 2 aliphatic carbocycles. The van der Waals surface area contributed by atoms with Crippen molar-refractivity contribution in [3.8, 4) is 0 Å². The van der Waals surface area contributed by atoms with Crippen molar-refractivity contribution in [2.75, 3.05) is 11.5 Å². The predicted octanol–water partition coefficient (Wildman–Crippen LogP) is 2.32. The first-order valence-corrected chi connectivity index (χ1v) is 11.8. The van der Waals surface area contributed by atoms with Crippen LogP contribution in [0.3, 0.4) is 0 Å². The van der Waals surface area contributed by atoms with Crippen molar-refractivity contribution in [2.24, 2.45) is 22.7 Å². The van der Waals surface area contributed by atoms with Crippen LogP contribution in [0.4, 0.5) is 0 Å². The number of hydrogen-bond donors (Lipinski definition) is 0. The van der Waals surface area contributed by atoms with Crippen LogP contribution in [0, 0.1) is 17.8 Å². The first kappa shape index (κ1) is 16.9. The second kappa shape index (κ2) is 6.01. The molecule has 0 unspecified atom stereocenters. The highest BCUT2D eigenvalue weighted by Gasteiger charge is 2.54. The minimum Gasteiger partial charge on any atom is -0.343 e.